The van der Waals surface area contributed by atoms with Crippen LogP contribution in [0.25, 0.3) is 0 Å². The van der Waals surface area contributed by atoms with E-state index in [1.54, 1.807) is 6.20 Å². The van der Waals surface area contributed by atoms with Crippen molar-refractivity contribution in [3.63, 3.8) is 0 Å². The third kappa shape index (κ3) is 2.42. The first-order valence-corrected chi connectivity index (χ1v) is 6.99. The zero-order valence-electron chi connectivity index (χ0n) is 11.6. The van der Waals surface area contributed by atoms with Gasteiger partial charge in [0.2, 0.25) is 0 Å². The number of nitrogens with zero attached hydrogens (tertiary/aromatic N) is 3. The summed E-state index contributed by atoms with van der Waals surface area (Å²) in [5.41, 5.74) is 6.34. The Balaban J connectivity index is 1.99. The zero-order valence-corrected chi connectivity index (χ0v) is 11.6. The van der Waals surface area contributed by atoms with Crippen LogP contribution in [0, 0.1) is 6.92 Å². The zero-order chi connectivity index (χ0) is 13.9. The lowest BCUT2D eigenvalue weighted by molar-refractivity contribution is 0.392. The molecular weight excluding hydrogens is 250 g/mol. The summed E-state index contributed by atoms with van der Waals surface area (Å²) < 4.78 is 0. The molecule has 1 aliphatic rings. The van der Waals surface area contributed by atoms with E-state index in [0.29, 0.717) is 0 Å². The molecule has 0 aliphatic heterocycles. The minimum Gasteiger partial charge on any atom is -0.271 e. The number of aryl methyl sites for hydroxylation is 2. The Morgan fingerprint density at radius 1 is 1.30 bits per heavy atom. The summed E-state index contributed by atoms with van der Waals surface area (Å²) in [6.07, 6.45) is 6.97. The molecule has 20 heavy (non-hydrogen) atoms. The van der Waals surface area contributed by atoms with Crippen molar-refractivity contribution in [2.45, 2.75) is 38.1 Å². The highest BCUT2D eigenvalue weighted by Crippen LogP contribution is 2.38. The SMILES string of the molecule is Cc1nccc(C(NN)C2CCCc3cccnc32)n1. The molecule has 2 aromatic rings. The first-order chi connectivity index (χ1) is 9.79. The molecule has 0 spiro atoms. The molecule has 0 saturated carbocycles. The summed E-state index contributed by atoms with van der Waals surface area (Å²) in [6.45, 7) is 1.89. The monoisotopic (exact) mass is 269 g/mol. The Kier molecular flexibility index (Phi) is 3.71. The molecule has 2 aromatic heterocycles. The molecule has 2 atom stereocenters. The van der Waals surface area contributed by atoms with Gasteiger partial charge in [0.05, 0.1) is 11.7 Å². The summed E-state index contributed by atoms with van der Waals surface area (Å²) in [5, 5.41) is 0. The van der Waals surface area contributed by atoms with Crippen LogP contribution in [0.5, 0.6) is 0 Å². The van der Waals surface area contributed by atoms with Crippen molar-refractivity contribution in [1.82, 2.24) is 20.4 Å². The van der Waals surface area contributed by atoms with E-state index >= 15 is 0 Å². The number of rotatable bonds is 3. The van der Waals surface area contributed by atoms with Crippen molar-refractivity contribution in [2.75, 3.05) is 0 Å². The minimum atomic E-state index is -0.0225. The van der Waals surface area contributed by atoms with Crippen molar-refractivity contribution in [1.29, 1.82) is 0 Å². The van der Waals surface area contributed by atoms with Crippen LogP contribution in [0.3, 0.4) is 0 Å². The van der Waals surface area contributed by atoms with Gasteiger partial charge in [-0.2, -0.15) is 0 Å². The normalized spacial score (nSPS) is 19.4. The Hall–Kier alpha value is -1.85. The minimum absolute atomic E-state index is 0.0225. The number of nitrogens with two attached hydrogens (primary N) is 1. The van der Waals surface area contributed by atoms with E-state index in [9.17, 15) is 0 Å². The molecule has 0 amide bonds. The molecule has 0 radical (unpaired) electrons. The fourth-order valence-corrected chi connectivity index (χ4v) is 3.03. The predicted molar refractivity (Wildman–Crippen MR) is 76.7 cm³/mol. The lowest BCUT2D eigenvalue weighted by atomic mass is 9.81. The van der Waals surface area contributed by atoms with E-state index in [0.717, 1.165) is 36.5 Å². The molecule has 3 N–H and O–H groups in total. The molecule has 0 aromatic carbocycles. The quantitative estimate of drug-likeness (QED) is 0.656. The molecule has 5 nitrogen and oxygen atoms in total. The summed E-state index contributed by atoms with van der Waals surface area (Å²) in [7, 11) is 0. The van der Waals surface area contributed by atoms with Gasteiger partial charge in [0.1, 0.15) is 5.82 Å². The summed E-state index contributed by atoms with van der Waals surface area (Å²) >= 11 is 0. The van der Waals surface area contributed by atoms with Gasteiger partial charge in [0, 0.05) is 24.0 Å². The van der Waals surface area contributed by atoms with Crippen molar-refractivity contribution < 1.29 is 0 Å². The van der Waals surface area contributed by atoms with E-state index in [4.69, 9.17) is 5.84 Å². The molecule has 2 heterocycles. The number of aromatic nitrogens is 3. The van der Waals surface area contributed by atoms with Crippen LogP contribution in [0.15, 0.2) is 30.6 Å². The first kappa shape index (κ1) is 13.1. The average molecular weight is 269 g/mol. The Morgan fingerprint density at radius 3 is 3.00 bits per heavy atom. The smallest absolute Gasteiger partial charge is 0.125 e. The summed E-state index contributed by atoms with van der Waals surface area (Å²) in [5.74, 6) is 6.83. The second-order valence-electron chi connectivity index (χ2n) is 5.22. The largest absolute Gasteiger partial charge is 0.271 e. The van der Waals surface area contributed by atoms with Crippen LogP contribution in [0.4, 0.5) is 0 Å². The fourth-order valence-electron chi connectivity index (χ4n) is 3.03. The molecule has 5 heteroatoms. The Morgan fingerprint density at radius 2 is 2.20 bits per heavy atom. The first-order valence-electron chi connectivity index (χ1n) is 6.99. The highest BCUT2D eigenvalue weighted by molar-refractivity contribution is 5.29. The highest BCUT2D eigenvalue weighted by Gasteiger charge is 2.30. The number of pyridine rings is 1. The van der Waals surface area contributed by atoms with E-state index in [1.165, 1.54) is 5.56 Å². The van der Waals surface area contributed by atoms with Crippen LogP contribution in [0.2, 0.25) is 0 Å². The number of hydrogen-bond acceptors (Lipinski definition) is 5. The number of hydrogen-bond donors (Lipinski definition) is 2. The molecule has 0 fully saturated rings. The molecule has 2 unspecified atom stereocenters. The van der Waals surface area contributed by atoms with Crippen LogP contribution >= 0.6 is 0 Å². The molecule has 3 rings (SSSR count). The van der Waals surface area contributed by atoms with Gasteiger partial charge in [-0.1, -0.05) is 6.07 Å². The van der Waals surface area contributed by atoms with Gasteiger partial charge in [0.25, 0.3) is 0 Å². The fraction of sp³-hybridized carbons (Fsp3) is 0.400. The molecule has 1 aliphatic carbocycles. The van der Waals surface area contributed by atoms with Crippen molar-refractivity contribution in [3.05, 3.63) is 53.4 Å². The lowest BCUT2D eigenvalue weighted by Crippen LogP contribution is -2.35. The predicted octanol–water partition coefficient (Wildman–Crippen LogP) is 1.80. The van der Waals surface area contributed by atoms with E-state index in [2.05, 4.69) is 26.4 Å². The van der Waals surface area contributed by atoms with Gasteiger partial charge >= 0.3 is 0 Å². The van der Waals surface area contributed by atoms with Crippen molar-refractivity contribution in [2.24, 2.45) is 5.84 Å². The molecular formula is C15H19N5. The van der Waals surface area contributed by atoms with Gasteiger partial charge in [-0.15, -0.1) is 0 Å². The van der Waals surface area contributed by atoms with E-state index in [1.807, 2.05) is 25.3 Å². The van der Waals surface area contributed by atoms with Gasteiger partial charge in [-0.3, -0.25) is 16.3 Å². The standard InChI is InChI=1S/C15H19N5/c1-10-17-9-7-13(19-10)15(20-16)12-6-2-4-11-5-3-8-18-14(11)12/h3,5,7-9,12,15,20H,2,4,6,16H2,1H3. The van der Waals surface area contributed by atoms with Gasteiger partial charge in [-0.25, -0.2) is 9.97 Å². The van der Waals surface area contributed by atoms with Gasteiger partial charge in [-0.05, 0) is 43.9 Å². The van der Waals surface area contributed by atoms with Crippen LogP contribution < -0.4 is 11.3 Å². The molecule has 0 saturated heterocycles. The van der Waals surface area contributed by atoms with E-state index in [-0.39, 0.29) is 12.0 Å². The third-order valence-electron chi connectivity index (χ3n) is 3.94. The van der Waals surface area contributed by atoms with Crippen LogP contribution in [-0.2, 0) is 6.42 Å². The third-order valence-corrected chi connectivity index (χ3v) is 3.94. The van der Waals surface area contributed by atoms with Gasteiger partial charge in [0.15, 0.2) is 0 Å². The van der Waals surface area contributed by atoms with Crippen LogP contribution in [-0.4, -0.2) is 15.0 Å². The highest BCUT2D eigenvalue weighted by atomic mass is 15.2. The van der Waals surface area contributed by atoms with Crippen molar-refractivity contribution in [3.8, 4) is 0 Å². The topological polar surface area (TPSA) is 76.7 Å². The second kappa shape index (κ2) is 5.64. The number of fused-ring (bicyclic) bond motifs is 1. The Labute approximate surface area is 118 Å². The second-order valence-corrected chi connectivity index (χ2v) is 5.22. The average Bonchev–Trinajstić information content (AvgIpc) is 2.48. The maximum absolute atomic E-state index is 5.80. The van der Waals surface area contributed by atoms with E-state index < -0.39 is 0 Å². The number of nitrogens with one attached hydrogen (secondary N) is 1. The maximum atomic E-state index is 5.80. The Bertz CT molecular complexity index is 598. The maximum Gasteiger partial charge on any atom is 0.125 e. The van der Waals surface area contributed by atoms with Crippen molar-refractivity contribution >= 4 is 0 Å². The lowest BCUT2D eigenvalue weighted by Gasteiger charge is -2.30. The van der Waals surface area contributed by atoms with Crippen LogP contribution in [0.1, 0.15) is 47.6 Å². The molecule has 104 valence electrons. The number of hydrazine groups is 1. The summed E-state index contributed by atoms with van der Waals surface area (Å²) in [4.78, 5) is 13.2. The molecule has 0 bridgehead atoms. The van der Waals surface area contributed by atoms with Gasteiger partial charge < -0.3 is 0 Å². The summed E-state index contributed by atoms with van der Waals surface area (Å²) in [6, 6.07) is 6.06.